The maximum atomic E-state index is 11.6. The fourth-order valence-electron chi connectivity index (χ4n) is 1.67. The van der Waals surface area contributed by atoms with E-state index in [0.29, 0.717) is 6.04 Å². The van der Waals surface area contributed by atoms with Crippen LogP contribution in [-0.2, 0) is 6.54 Å². The summed E-state index contributed by atoms with van der Waals surface area (Å²) in [7, 11) is 0. The first-order chi connectivity index (χ1) is 7.50. The summed E-state index contributed by atoms with van der Waals surface area (Å²) in [5.41, 5.74) is 1.64. The van der Waals surface area contributed by atoms with Crippen LogP contribution in [0, 0.1) is 13.8 Å². The minimum atomic E-state index is -0.137. The standard InChI is InChI=1S/C12H21N3O/c1-9(2)13-6-5-7-15-11(4)8-10(3)14-12(15)16/h8-9,13H,5-7H2,1-4H3. The summed E-state index contributed by atoms with van der Waals surface area (Å²) in [6, 6.07) is 2.44. The SMILES string of the molecule is Cc1cc(C)n(CCCNC(C)C)c(=O)n1. The molecular formula is C12H21N3O. The third-order valence-electron chi connectivity index (χ3n) is 2.46. The zero-order chi connectivity index (χ0) is 12.1. The Morgan fingerprint density at radius 2 is 2.12 bits per heavy atom. The van der Waals surface area contributed by atoms with Crippen LogP contribution in [0.5, 0.6) is 0 Å². The number of rotatable bonds is 5. The molecule has 0 amide bonds. The molecule has 0 aromatic carbocycles. The van der Waals surface area contributed by atoms with Crippen LogP contribution < -0.4 is 11.0 Å². The van der Waals surface area contributed by atoms with Gasteiger partial charge in [0.25, 0.3) is 0 Å². The Labute approximate surface area is 96.7 Å². The van der Waals surface area contributed by atoms with E-state index in [1.165, 1.54) is 0 Å². The summed E-state index contributed by atoms with van der Waals surface area (Å²) in [6.07, 6.45) is 0.948. The molecule has 1 aromatic rings. The summed E-state index contributed by atoms with van der Waals surface area (Å²) in [5, 5.41) is 3.33. The lowest BCUT2D eigenvalue weighted by Gasteiger charge is -2.11. The van der Waals surface area contributed by atoms with E-state index in [4.69, 9.17) is 0 Å². The van der Waals surface area contributed by atoms with Crippen molar-refractivity contribution >= 4 is 0 Å². The van der Waals surface area contributed by atoms with Gasteiger partial charge in [0.05, 0.1) is 0 Å². The molecule has 0 radical (unpaired) electrons. The minimum absolute atomic E-state index is 0.137. The van der Waals surface area contributed by atoms with Crippen LogP contribution in [0.25, 0.3) is 0 Å². The largest absolute Gasteiger partial charge is 0.347 e. The van der Waals surface area contributed by atoms with Gasteiger partial charge in [-0.05, 0) is 32.9 Å². The number of aryl methyl sites for hydroxylation is 2. The molecule has 0 atom stereocenters. The van der Waals surface area contributed by atoms with E-state index in [2.05, 4.69) is 24.1 Å². The van der Waals surface area contributed by atoms with Crippen molar-refractivity contribution in [1.82, 2.24) is 14.9 Å². The lowest BCUT2D eigenvalue weighted by atomic mass is 10.3. The maximum Gasteiger partial charge on any atom is 0.347 e. The Morgan fingerprint density at radius 1 is 1.44 bits per heavy atom. The topological polar surface area (TPSA) is 46.9 Å². The van der Waals surface area contributed by atoms with Gasteiger partial charge < -0.3 is 5.32 Å². The Balaban J connectivity index is 2.57. The number of nitrogens with zero attached hydrogens (tertiary/aromatic N) is 2. The molecule has 0 aliphatic heterocycles. The van der Waals surface area contributed by atoms with Gasteiger partial charge >= 0.3 is 5.69 Å². The first-order valence-corrected chi connectivity index (χ1v) is 5.79. The highest BCUT2D eigenvalue weighted by Crippen LogP contribution is 1.97. The lowest BCUT2D eigenvalue weighted by Crippen LogP contribution is -2.29. The van der Waals surface area contributed by atoms with E-state index >= 15 is 0 Å². The van der Waals surface area contributed by atoms with Crippen molar-refractivity contribution in [3.63, 3.8) is 0 Å². The van der Waals surface area contributed by atoms with E-state index in [0.717, 1.165) is 30.9 Å². The molecule has 1 heterocycles. The van der Waals surface area contributed by atoms with Gasteiger partial charge in [-0.3, -0.25) is 4.57 Å². The maximum absolute atomic E-state index is 11.6. The summed E-state index contributed by atoms with van der Waals surface area (Å²) in [6.45, 7) is 9.69. The highest BCUT2D eigenvalue weighted by atomic mass is 16.1. The van der Waals surface area contributed by atoms with Gasteiger partial charge in [0, 0.05) is 24.0 Å². The lowest BCUT2D eigenvalue weighted by molar-refractivity contribution is 0.519. The van der Waals surface area contributed by atoms with E-state index < -0.39 is 0 Å². The van der Waals surface area contributed by atoms with Crippen LogP contribution in [0.2, 0.25) is 0 Å². The third-order valence-corrected chi connectivity index (χ3v) is 2.46. The van der Waals surface area contributed by atoms with Gasteiger partial charge in [-0.15, -0.1) is 0 Å². The smallest absolute Gasteiger partial charge is 0.314 e. The average Bonchev–Trinajstić information content (AvgIpc) is 2.14. The van der Waals surface area contributed by atoms with Gasteiger partial charge in [-0.25, -0.2) is 4.79 Å². The number of aromatic nitrogens is 2. The van der Waals surface area contributed by atoms with Crippen LogP contribution in [-0.4, -0.2) is 22.1 Å². The molecule has 0 saturated carbocycles. The monoisotopic (exact) mass is 223 g/mol. The summed E-state index contributed by atoms with van der Waals surface area (Å²) >= 11 is 0. The predicted molar refractivity (Wildman–Crippen MR) is 65.7 cm³/mol. The Hall–Kier alpha value is -1.16. The highest BCUT2D eigenvalue weighted by molar-refractivity contribution is 5.06. The molecule has 0 unspecified atom stereocenters. The van der Waals surface area contributed by atoms with Gasteiger partial charge in [0.2, 0.25) is 0 Å². The molecule has 90 valence electrons. The van der Waals surface area contributed by atoms with Gasteiger partial charge in [0.15, 0.2) is 0 Å². The van der Waals surface area contributed by atoms with Crippen LogP contribution >= 0.6 is 0 Å². The van der Waals surface area contributed by atoms with Gasteiger partial charge in [-0.1, -0.05) is 13.8 Å². The second-order valence-corrected chi connectivity index (χ2v) is 4.44. The zero-order valence-corrected chi connectivity index (χ0v) is 10.6. The van der Waals surface area contributed by atoms with Crippen LogP contribution in [0.1, 0.15) is 31.7 Å². The molecule has 0 aliphatic rings. The van der Waals surface area contributed by atoms with E-state index in [-0.39, 0.29) is 5.69 Å². The van der Waals surface area contributed by atoms with Crippen molar-refractivity contribution in [3.05, 3.63) is 27.9 Å². The number of hydrogen-bond acceptors (Lipinski definition) is 3. The molecular weight excluding hydrogens is 202 g/mol. The molecule has 16 heavy (non-hydrogen) atoms. The first kappa shape index (κ1) is 12.9. The van der Waals surface area contributed by atoms with Crippen molar-refractivity contribution in [1.29, 1.82) is 0 Å². The third kappa shape index (κ3) is 3.77. The highest BCUT2D eigenvalue weighted by Gasteiger charge is 2.02. The molecule has 0 bridgehead atoms. The molecule has 0 saturated heterocycles. The van der Waals surface area contributed by atoms with Crippen molar-refractivity contribution in [2.24, 2.45) is 0 Å². The molecule has 1 aromatic heterocycles. The molecule has 0 aliphatic carbocycles. The van der Waals surface area contributed by atoms with Gasteiger partial charge in [0.1, 0.15) is 0 Å². The normalized spacial score (nSPS) is 11.1. The van der Waals surface area contributed by atoms with Crippen molar-refractivity contribution in [2.45, 2.75) is 46.7 Å². The van der Waals surface area contributed by atoms with E-state index in [1.807, 2.05) is 19.9 Å². The molecule has 4 heteroatoms. The van der Waals surface area contributed by atoms with E-state index in [9.17, 15) is 4.79 Å². The van der Waals surface area contributed by atoms with Gasteiger partial charge in [-0.2, -0.15) is 4.98 Å². The quantitative estimate of drug-likeness (QED) is 0.764. The predicted octanol–water partition coefficient (Wildman–Crippen LogP) is 1.25. The number of hydrogen-bond donors (Lipinski definition) is 1. The average molecular weight is 223 g/mol. The summed E-state index contributed by atoms with van der Waals surface area (Å²) in [4.78, 5) is 15.6. The second kappa shape index (κ2) is 5.80. The Bertz CT molecular complexity index is 396. The zero-order valence-electron chi connectivity index (χ0n) is 10.6. The van der Waals surface area contributed by atoms with Crippen molar-refractivity contribution in [2.75, 3.05) is 6.54 Å². The molecule has 1 rings (SSSR count). The van der Waals surface area contributed by atoms with E-state index in [1.54, 1.807) is 4.57 Å². The summed E-state index contributed by atoms with van der Waals surface area (Å²) in [5.74, 6) is 0. The first-order valence-electron chi connectivity index (χ1n) is 5.79. The molecule has 4 nitrogen and oxygen atoms in total. The molecule has 1 N–H and O–H groups in total. The van der Waals surface area contributed by atoms with Crippen LogP contribution in [0.4, 0.5) is 0 Å². The Morgan fingerprint density at radius 3 is 2.69 bits per heavy atom. The van der Waals surface area contributed by atoms with Crippen molar-refractivity contribution in [3.8, 4) is 0 Å². The minimum Gasteiger partial charge on any atom is -0.314 e. The Kier molecular flexibility index (Phi) is 4.68. The summed E-state index contributed by atoms with van der Waals surface area (Å²) < 4.78 is 1.73. The number of nitrogens with one attached hydrogen (secondary N) is 1. The molecule has 0 spiro atoms. The fourth-order valence-corrected chi connectivity index (χ4v) is 1.67. The second-order valence-electron chi connectivity index (χ2n) is 4.44. The fraction of sp³-hybridized carbons (Fsp3) is 0.667. The van der Waals surface area contributed by atoms with Crippen molar-refractivity contribution < 1.29 is 0 Å². The molecule has 0 fully saturated rings. The van der Waals surface area contributed by atoms with Crippen LogP contribution in [0.15, 0.2) is 10.9 Å². The van der Waals surface area contributed by atoms with Crippen LogP contribution in [0.3, 0.4) is 0 Å².